The predicted molar refractivity (Wildman–Crippen MR) is 82.6 cm³/mol. The van der Waals surface area contributed by atoms with Crippen molar-refractivity contribution in [3.8, 4) is 11.1 Å². The number of fused-ring (bicyclic) bond motifs is 1. The third-order valence-corrected chi connectivity index (χ3v) is 3.78. The quantitative estimate of drug-likeness (QED) is 0.674. The van der Waals surface area contributed by atoms with Crippen molar-refractivity contribution >= 4 is 11.4 Å². The van der Waals surface area contributed by atoms with Crippen molar-refractivity contribution in [1.29, 1.82) is 0 Å². The van der Waals surface area contributed by atoms with E-state index in [2.05, 4.69) is 41.3 Å². The molecular formula is C17H17N3O. The van der Waals surface area contributed by atoms with E-state index >= 15 is 0 Å². The average Bonchev–Trinajstić information content (AvgIpc) is 2.77. The fourth-order valence-electron chi connectivity index (χ4n) is 2.61. The summed E-state index contributed by atoms with van der Waals surface area (Å²) in [6.07, 6.45) is 1.64. The Hall–Kier alpha value is -2.49. The zero-order chi connectivity index (χ0) is 15.1. The second-order valence-corrected chi connectivity index (χ2v) is 5.38. The highest BCUT2D eigenvalue weighted by atomic mass is 16.1. The Labute approximate surface area is 123 Å². The van der Waals surface area contributed by atoms with Gasteiger partial charge >= 0.3 is 0 Å². The maximum Gasteiger partial charge on any atom is 0.163 e. The molecule has 106 valence electrons. The van der Waals surface area contributed by atoms with E-state index in [9.17, 15) is 4.79 Å². The van der Waals surface area contributed by atoms with Gasteiger partial charge in [-0.05, 0) is 33.3 Å². The molecule has 2 aromatic heterocycles. The van der Waals surface area contributed by atoms with Gasteiger partial charge in [0, 0.05) is 11.8 Å². The van der Waals surface area contributed by atoms with Gasteiger partial charge in [0.2, 0.25) is 0 Å². The van der Waals surface area contributed by atoms with Crippen LogP contribution in [-0.4, -0.2) is 20.4 Å². The summed E-state index contributed by atoms with van der Waals surface area (Å²) in [5, 5.41) is 4.56. The SMILES string of the molecule is CC(=O)c1cnc2c(-c3ccc(C)cc3)c(C)nn2c1C. The van der Waals surface area contributed by atoms with Crippen molar-refractivity contribution in [2.75, 3.05) is 0 Å². The van der Waals surface area contributed by atoms with Crippen molar-refractivity contribution in [2.24, 2.45) is 0 Å². The van der Waals surface area contributed by atoms with Gasteiger partial charge in [-0.2, -0.15) is 5.10 Å². The van der Waals surface area contributed by atoms with E-state index in [1.54, 1.807) is 17.6 Å². The molecule has 0 saturated carbocycles. The van der Waals surface area contributed by atoms with Crippen molar-refractivity contribution in [2.45, 2.75) is 27.7 Å². The minimum atomic E-state index is 0.00642. The largest absolute Gasteiger partial charge is 0.294 e. The van der Waals surface area contributed by atoms with Gasteiger partial charge in [-0.25, -0.2) is 9.50 Å². The van der Waals surface area contributed by atoms with E-state index in [0.717, 1.165) is 28.2 Å². The molecule has 0 amide bonds. The molecule has 0 unspecified atom stereocenters. The highest BCUT2D eigenvalue weighted by molar-refractivity contribution is 5.95. The van der Waals surface area contributed by atoms with Crippen LogP contribution in [0.4, 0.5) is 0 Å². The number of Topliss-reactive ketones (excluding diaryl/α,β-unsaturated/α-hetero) is 1. The Balaban J connectivity index is 2.30. The topological polar surface area (TPSA) is 47.3 Å². The van der Waals surface area contributed by atoms with E-state index in [0.29, 0.717) is 5.56 Å². The van der Waals surface area contributed by atoms with Crippen LogP contribution in [0, 0.1) is 20.8 Å². The zero-order valence-electron chi connectivity index (χ0n) is 12.6. The molecule has 0 N–H and O–H groups in total. The van der Waals surface area contributed by atoms with Crippen molar-refractivity contribution in [1.82, 2.24) is 14.6 Å². The highest BCUT2D eigenvalue weighted by Gasteiger charge is 2.16. The summed E-state index contributed by atoms with van der Waals surface area (Å²) < 4.78 is 1.77. The molecule has 0 fully saturated rings. The number of carbonyl (C=O) groups excluding carboxylic acids is 1. The van der Waals surface area contributed by atoms with E-state index < -0.39 is 0 Å². The first kappa shape index (κ1) is 13.5. The minimum absolute atomic E-state index is 0.00642. The summed E-state index contributed by atoms with van der Waals surface area (Å²) in [4.78, 5) is 16.1. The van der Waals surface area contributed by atoms with Crippen LogP contribution in [-0.2, 0) is 0 Å². The molecule has 0 aliphatic carbocycles. The fraction of sp³-hybridized carbons (Fsp3) is 0.235. The molecule has 1 aromatic carbocycles. The maximum absolute atomic E-state index is 11.6. The highest BCUT2D eigenvalue weighted by Crippen LogP contribution is 2.28. The molecule has 4 nitrogen and oxygen atoms in total. The molecule has 3 rings (SSSR count). The molecule has 0 bridgehead atoms. The lowest BCUT2D eigenvalue weighted by molar-refractivity contribution is 0.101. The minimum Gasteiger partial charge on any atom is -0.294 e. The summed E-state index contributed by atoms with van der Waals surface area (Å²) >= 11 is 0. The molecule has 0 spiro atoms. The maximum atomic E-state index is 11.6. The van der Waals surface area contributed by atoms with Gasteiger partial charge in [-0.15, -0.1) is 0 Å². The first-order valence-corrected chi connectivity index (χ1v) is 6.92. The summed E-state index contributed by atoms with van der Waals surface area (Å²) in [6.45, 7) is 7.48. The molecular weight excluding hydrogens is 262 g/mol. The van der Waals surface area contributed by atoms with E-state index in [-0.39, 0.29) is 5.78 Å². The second-order valence-electron chi connectivity index (χ2n) is 5.38. The van der Waals surface area contributed by atoms with Crippen LogP contribution in [0.2, 0.25) is 0 Å². The lowest BCUT2D eigenvalue weighted by Crippen LogP contribution is -2.05. The number of aryl methyl sites for hydroxylation is 3. The summed E-state index contributed by atoms with van der Waals surface area (Å²) in [5.74, 6) is 0.00642. The van der Waals surface area contributed by atoms with Gasteiger partial charge in [0.25, 0.3) is 0 Å². The summed E-state index contributed by atoms with van der Waals surface area (Å²) in [6, 6.07) is 8.31. The molecule has 3 aromatic rings. The van der Waals surface area contributed by atoms with E-state index in [1.165, 1.54) is 5.56 Å². The number of hydrogen-bond donors (Lipinski definition) is 0. The Morgan fingerprint density at radius 1 is 1.10 bits per heavy atom. The van der Waals surface area contributed by atoms with Crippen molar-refractivity contribution < 1.29 is 4.79 Å². The monoisotopic (exact) mass is 279 g/mol. The van der Waals surface area contributed by atoms with Crippen LogP contribution in [0.5, 0.6) is 0 Å². The third kappa shape index (κ3) is 2.13. The van der Waals surface area contributed by atoms with E-state index in [1.807, 2.05) is 13.8 Å². The van der Waals surface area contributed by atoms with Crippen LogP contribution < -0.4 is 0 Å². The Kier molecular flexibility index (Phi) is 3.09. The van der Waals surface area contributed by atoms with Crippen LogP contribution >= 0.6 is 0 Å². The van der Waals surface area contributed by atoms with Gasteiger partial charge < -0.3 is 0 Å². The van der Waals surface area contributed by atoms with Crippen LogP contribution in [0.25, 0.3) is 16.8 Å². The number of hydrogen-bond acceptors (Lipinski definition) is 3. The first-order chi connectivity index (χ1) is 9.99. The molecule has 0 aliphatic heterocycles. The van der Waals surface area contributed by atoms with Crippen molar-refractivity contribution in [3.05, 3.63) is 53.0 Å². The van der Waals surface area contributed by atoms with Gasteiger partial charge in [0.05, 0.1) is 17.0 Å². The van der Waals surface area contributed by atoms with E-state index in [4.69, 9.17) is 0 Å². The molecule has 2 heterocycles. The fourth-order valence-corrected chi connectivity index (χ4v) is 2.61. The van der Waals surface area contributed by atoms with Crippen LogP contribution in [0.3, 0.4) is 0 Å². The zero-order valence-corrected chi connectivity index (χ0v) is 12.6. The molecule has 21 heavy (non-hydrogen) atoms. The Morgan fingerprint density at radius 2 is 1.76 bits per heavy atom. The first-order valence-electron chi connectivity index (χ1n) is 6.92. The molecule has 0 saturated heterocycles. The molecule has 0 radical (unpaired) electrons. The number of ketones is 1. The second kappa shape index (κ2) is 4.81. The standard InChI is InChI=1S/C17H17N3O/c1-10-5-7-14(8-6-10)16-11(2)19-20-12(3)15(13(4)21)9-18-17(16)20/h5-9H,1-4H3. The van der Waals surface area contributed by atoms with Crippen molar-refractivity contribution in [3.63, 3.8) is 0 Å². The normalized spacial score (nSPS) is 11.0. The third-order valence-electron chi connectivity index (χ3n) is 3.78. The van der Waals surface area contributed by atoms with Crippen LogP contribution in [0.1, 0.15) is 34.2 Å². The summed E-state index contributed by atoms with van der Waals surface area (Å²) in [5.41, 5.74) is 6.48. The number of rotatable bonds is 2. The Morgan fingerprint density at radius 3 is 2.38 bits per heavy atom. The number of benzene rings is 1. The van der Waals surface area contributed by atoms with Gasteiger partial charge in [-0.3, -0.25) is 4.79 Å². The van der Waals surface area contributed by atoms with Gasteiger partial charge in [0.15, 0.2) is 11.4 Å². The van der Waals surface area contributed by atoms with Crippen LogP contribution in [0.15, 0.2) is 30.5 Å². The molecule has 4 heteroatoms. The Bertz CT molecular complexity index is 845. The lowest BCUT2D eigenvalue weighted by Gasteiger charge is -2.05. The smallest absolute Gasteiger partial charge is 0.163 e. The molecule has 0 atom stereocenters. The lowest BCUT2D eigenvalue weighted by atomic mass is 10.0. The van der Waals surface area contributed by atoms with Gasteiger partial charge in [-0.1, -0.05) is 29.8 Å². The number of carbonyl (C=O) groups is 1. The number of aromatic nitrogens is 3. The predicted octanol–water partition coefficient (Wildman–Crippen LogP) is 3.52. The molecule has 0 aliphatic rings. The average molecular weight is 279 g/mol. The summed E-state index contributed by atoms with van der Waals surface area (Å²) in [7, 11) is 0. The number of nitrogens with zero attached hydrogens (tertiary/aromatic N) is 3. The van der Waals surface area contributed by atoms with Gasteiger partial charge in [0.1, 0.15) is 0 Å².